The van der Waals surface area contributed by atoms with E-state index in [1.165, 1.54) is 70.7 Å². The number of benzene rings is 8. The number of rotatable bonds is 2. The predicted molar refractivity (Wildman–Crippen MR) is 175 cm³/mol. The van der Waals surface area contributed by atoms with E-state index in [0.29, 0.717) is 0 Å². The topological polar surface area (TPSA) is 13.1 Å². The minimum absolute atomic E-state index is 0.931. The number of hydrogen-bond acceptors (Lipinski definition) is 1. The van der Waals surface area contributed by atoms with Crippen LogP contribution in [-0.4, -0.2) is 0 Å². The van der Waals surface area contributed by atoms with E-state index in [2.05, 4.69) is 133 Å². The second kappa shape index (κ2) is 8.55. The van der Waals surface area contributed by atoms with Gasteiger partial charge in [0.1, 0.15) is 11.2 Å². The quantitative estimate of drug-likeness (QED) is 0.207. The van der Waals surface area contributed by atoms with Crippen LogP contribution in [0.3, 0.4) is 0 Å². The SMILES string of the molecule is c1ccc2c(-c3c4ccccc4c(-c4ccc5c(ccc6oc7ccccc7c65)c4)c4ccccc34)cccc2c1. The van der Waals surface area contributed by atoms with E-state index in [1.54, 1.807) is 0 Å². The first-order valence-corrected chi connectivity index (χ1v) is 14.1. The van der Waals surface area contributed by atoms with Crippen molar-refractivity contribution in [3.05, 3.63) is 146 Å². The Morgan fingerprint density at radius 1 is 0.341 bits per heavy atom. The molecule has 0 bridgehead atoms. The average molecular weight is 521 g/mol. The monoisotopic (exact) mass is 520 g/mol. The van der Waals surface area contributed by atoms with Gasteiger partial charge in [-0.25, -0.2) is 0 Å². The summed E-state index contributed by atoms with van der Waals surface area (Å²) in [5, 5.41) is 12.4. The van der Waals surface area contributed by atoms with Crippen molar-refractivity contribution in [3.63, 3.8) is 0 Å². The maximum absolute atomic E-state index is 6.18. The fourth-order valence-corrected chi connectivity index (χ4v) is 6.88. The predicted octanol–water partition coefficient (Wildman–Crippen LogP) is 11.5. The zero-order valence-electron chi connectivity index (χ0n) is 22.3. The van der Waals surface area contributed by atoms with Crippen LogP contribution in [0.15, 0.2) is 150 Å². The molecule has 9 rings (SSSR count). The molecule has 0 amide bonds. The molecule has 0 aliphatic rings. The Kier molecular flexibility index (Phi) is 4.67. The lowest BCUT2D eigenvalue weighted by Gasteiger charge is -2.19. The lowest BCUT2D eigenvalue weighted by atomic mass is 9.84. The lowest BCUT2D eigenvalue weighted by molar-refractivity contribution is 0.669. The first-order chi connectivity index (χ1) is 20.3. The van der Waals surface area contributed by atoms with Crippen LogP contribution in [0.4, 0.5) is 0 Å². The molecule has 8 aromatic carbocycles. The Bertz CT molecular complexity index is 2410. The Labute approximate surface area is 236 Å². The molecule has 0 atom stereocenters. The minimum atomic E-state index is 0.931. The molecule has 0 saturated heterocycles. The Morgan fingerprint density at radius 3 is 1.71 bits per heavy atom. The third-order valence-corrected chi connectivity index (χ3v) is 8.64. The zero-order chi connectivity index (χ0) is 26.9. The van der Waals surface area contributed by atoms with Crippen molar-refractivity contribution in [2.75, 3.05) is 0 Å². The van der Waals surface area contributed by atoms with E-state index in [9.17, 15) is 0 Å². The van der Waals surface area contributed by atoms with Crippen LogP contribution in [-0.2, 0) is 0 Å². The summed E-state index contributed by atoms with van der Waals surface area (Å²) in [5.41, 5.74) is 6.93. The Hall–Kier alpha value is -5.40. The van der Waals surface area contributed by atoms with Crippen molar-refractivity contribution in [3.8, 4) is 22.3 Å². The van der Waals surface area contributed by atoms with Gasteiger partial charge in [0.05, 0.1) is 0 Å². The third-order valence-electron chi connectivity index (χ3n) is 8.64. The van der Waals surface area contributed by atoms with E-state index < -0.39 is 0 Å². The Balaban J connectivity index is 1.38. The van der Waals surface area contributed by atoms with Gasteiger partial charge in [0, 0.05) is 10.8 Å². The maximum atomic E-state index is 6.18. The van der Waals surface area contributed by atoms with Crippen LogP contribution >= 0.6 is 0 Å². The normalized spacial score (nSPS) is 11.9. The van der Waals surface area contributed by atoms with Crippen molar-refractivity contribution in [1.29, 1.82) is 0 Å². The number of furan rings is 1. The highest BCUT2D eigenvalue weighted by Gasteiger charge is 2.18. The molecule has 9 aromatic rings. The van der Waals surface area contributed by atoms with Gasteiger partial charge in [-0.15, -0.1) is 0 Å². The van der Waals surface area contributed by atoms with Gasteiger partial charge in [0.25, 0.3) is 0 Å². The van der Waals surface area contributed by atoms with Crippen LogP contribution in [0.2, 0.25) is 0 Å². The molecule has 0 radical (unpaired) electrons. The molecule has 0 saturated carbocycles. The van der Waals surface area contributed by atoms with Gasteiger partial charge in [-0.3, -0.25) is 0 Å². The zero-order valence-corrected chi connectivity index (χ0v) is 22.3. The number of para-hydroxylation sites is 1. The molecule has 1 aromatic heterocycles. The van der Waals surface area contributed by atoms with Gasteiger partial charge in [0.2, 0.25) is 0 Å². The molecule has 0 aliphatic heterocycles. The molecule has 1 heteroatoms. The highest BCUT2D eigenvalue weighted by molar-refractivity contribution is 6.24. The summed E-state index contributed by atoms with van der Waals surface area (Å²) in [4.78, 5) is 0. The molecular formula is C40H24O. The van der Waals surface area contributed by atoms with Gasteiger partial charge >= 0.3 is 0 Å². The van der Waals surface area contributed by atoms with Crippen LogP contribution in [0.5, 0.6) is 0 Å². The first-order valence-electron chi connectivity index (χ1n) is 14.1. The second-order valence-electron chi connectivity index (χ2n) is 10.8. The molecule has 1 nitrogen and oxygen atoms in total. The number of hydrogen-bond donors (Lipinski definition) is 0. The molecule has 0 N–H and O–H groups in total. The molecule has 190 valence electrons. The molecule has 1 heterocycles. The highest BCUT2D eigenvalue weighted by Crippen LogP contribution is 2.46. The minimum Gasteiger partial charge on any atom is -0.456 e. The van der Waals surface area contributed by atoms with Gasteiger partial charge in [-0.2, -0.15) is 0 Å². The summed E-state index contributed by atoms with van der Waals surface area (Å²) in [5.74, 6) is 0. The summed E-state index contributed by atoms with van der Waals surface area (Å²) in [6.07, 6.45) is 0. The summed E-state index contributed by atoms with van der Waals surface area (Å²) < 4.78 is 6.18. The van der Waals surface area contributed by atoms with Gasteiger partial charge in [-0.05, 0) is 83.5 Å². The van der Waals surface area contributed by atoms with E-state index in [-0.39, 0.29) is 0 Å². The van der Waals surface area contributed by atoms with E-state index >= 15 is 0 Å². The van der Waals surface area contributed by atoms with Gasteiger partial charge in [-0.1, -0.05) is 127 Å². The Morgan fingerprint density at radius 2 is 0.951 bits per heavy atom. The van der Waals surface area contributed by atoms with Crippen LogP contribution < -0.4 is 0 Å². The summed E-state index contributed by atoms with van der Waals surface area (Å²) in [6, 6.07) is 52.7. The van der Waals surface area contributed by atoms with Gasteiger partial charge in [0.15, 0.2) is 0 Å². The molecular weight excluding hydrogens is 496 g/mol. The van der Waals surface area contributed by atoms with Crippen molar-refractivity contribution in [2.45, 2.75) is 0 Å². The highest BCUT2D eigenvalue weighted by atomic mass is 16.3. The van der Waals surface area contributed by atoms with Crippen LogP contribution in [0, 0.1) is 0 Å². The largest absolute Gasteiger partial charge is 0.456 e. The smallest absolute Gasteiger partial charge is 0.136 e. The molecule has 0 spiro atoms. The fourth-order valence-electron chi connectivity index (χ4n) is 6.88. The standard InChI is InChI=1S/C40H24O/c1-2-12-28-25(10-1)11-9-18-30(28)39-33-15-5-3-13-31(33)38(32-14-4-6-16-34(32)39)27-20-22-29-26(24-27)21-23-37-40(29)35-17-7-8-19-36(35)41-37/h1-24H. The second-order valence-corrected chi connectivity index (χ2v) is 10.8. The third kappa shape index (κ3) is 3.24. The summed E-state index contributed by atoms with van der Waals surface area (Å²) >= 11 is 0. The van der Waals surface area contributed by atoms with Crippen molar-refractivity contribution < 1.29 is 4.42 Å². The van der Waals surface area contributed by atoms with E-state index in [4.69, 9.17) is 4.42 Å². The maximum Gasteiger partial charge on any atom is 0.136 e. The summed E-state index contributed by atoms with van der Waals surface area (Å²) in [7, 11) is 0. The van der Waals surface area contributed by atoms with Crippen LogP contribution in [0.1, 0.15) is 0 Å². The van der Waals surface area contributed by atoms with Crippen molar-refractivity contribution >= 4 is 65.0 Å². The number of fused-ring (bicyclic) bond motifs is 8. The molecule has 41 heavy (non-hydrogen) atoms. The first kappa shape index (κ1) is 22.4. The average Bonchev–Trinajstić information content (AvgIpc) is 3.42. The fraction of sp³-hybridized carbons (Fsp3) is 0. The summed E-state index contributed by atoms with van der Waals surface area (Å²) in [6.45, 7) is 0. The molecule has 0 unspecified atom stereocenters. The van der Waals surface area contributed by atoms with E-state index in [0.717, 1.165) is 16.6 Å². The van der Waals surface area contributed by atoms with E-state index in [1.807, 2.05) is 12.1 Å². The van der Waals surface area contributed by atoms with Gasteiger partial charge < -0.3 is 4.42 Å². The lowest BCUT2D eigenvalue weighted by Crippen LogP contribution is -1.91. The van der Waals surface area contributed by atoms with Crippen LogP contribution in [0.25, 0.3) is 87.3 Å². The molecule has 0 fully saturated rings. The molecule has 0 aliphatic carbocycles. The van der Waals surface area contributed by atoms with Crippen molar-refractivity contribution in [1.82, 2.24) is 0 Å². The van der Waals surface area contributed by atoms with Crippen molar-refractivity contribution in [2.24, 2.45) is 0 Å².